The molecule has 3 rings (SSSR count). The van der Waals surface area contributed by atoms with E-state index in [0.717, 1.165) is 109 Å². The van der Waals surface area contributed by atoms with E-state index in [0.29, 0.717) is 25.2 Å². The van der Waals surface area contributed by atoms with Gasteiger partial charge in [-0.25, -0.2) is 4.57 Å². The minimum absolute atomic E-state index is 0.0245. The van der Waals surface area contributed by atoms with Crippen molar-refractivity contribution in [1.82, 2.24) is 0 Å². The predicted molar refractivity (Wildman–Crippen MR) is 393 cm³/mol. The van der Waals surface area contributed by atoms with Gasteiger partial charge in [-0.15, -0.1) is 0 Å². The lowest BCUT2D eigenvalue weighted by Crippen LogP contribution is -2.69. The van der Waals surface area contributed by atoms with Crippen LogP contribution < -0.4 is 0 Å². The van der Waals surface area contributed by atoms with Gasteiger partial charge in [-0.2, -0.15) is 0 Å². The van der Waals surface area contributed by atoms with Crippen molar-refractivity contribution in [2.75, 3.05) is 26.4 Å². The SMILES string of the molecule is CCCCCC/C=C\CCCCCCCCCC(=O)OCC1OC(OC2C(O)C(O)C(O)C(OC3OC(CO)C(O)C(O)C3O)C2OP(=O)(O)OCC(COC(=O)CCCCCCCCCCCCCCCCCCC)OC(=O)CCCCCCCCC(C)CCCCCCCC)C(O)C(O)C1O. The number of unbranched alkanes of at least 4 members (excludes halogenated alkanes) is 37. The topological polar surface area (TPSA) is 374 Å². The third-order valence-electron chi connectivity index (χ3n) is 20.4. The van der Waals surface area contributed by atoms with Crippen LogP contribution in [-0.2, 0) is 61.2 Å². The van der Waals surface area contributed by atoms with Gasteiger partial charge in [0.25, 0.3) is 0 Å². The fraction of sp³-hybridized carbons (Fsp3) is 0.936. The molecule has 1 aliphatic carbocycles. The summed E-state index contributed by atoms with van der Waals surface area (Å²) < 4.78 is 65.3. The molecule has 3 aliphatic rings. The first-order valence-corrected chi connectivity index (χ1v) is 42.4. The Bertz CT molecular complexity index is 2180. The summed E-state index contributed by atoms with van der Waals surface area (Å²) in [6, 6.07) is 0. The quantitative estimate of drug-likeness (QED) is 0.00886. The van der Waals surface area contributed by atoms with Crippen LogP contribution in [0.5, 0.6) is 0 Å². The molecule has 0 aromatic heterocycles. The summed E-state index contributed by atoms with van der Waals surface area (Å²) >= 11 is 0. The van der Waals surface area contributed by atoms with E-state index in [1.165, 1.54) is 154 Å². The summed E-state index contributed by atoms with van der Waals surface area (Å²) in [5.41, 5.74) is 0. The summed E-state index contributed by atoms with van der Waals surface area (Å²) in [7, 11) is -5.70. The number of esters is 3. The zero-order valence-electron chi connectivity index (χ0n) is 63.8. The Hall–Kier alpha value is -2.30. The van der Waals surface area contributed by atoms with Crippen LogP contribution >= 0.6 is 7.82 Å². The minimum atomic E-state index is -5.70. The number of carbonyl (C=O) groups is 3. The summed E-state index contributed by atoms with van der Waals surface area (Å²) in [6.07, 6.45) is 18.2. The second-order valence-corrected chi connectivity index (χ2v) is 31.2. The Kier molecular flexibility index (Phi) is 54.0. The van der Waals surface area contributed by atoms with Crippen molar-refractivity contribution in [3.8, 4) is 0 Å². The average molecular weight is 1500 g/mol. The molecule has 1 saturated carbocycles. The molecule has 2 saturated heterocycles. The molecular weight excluding hydrogens is 1350 g/mol. The van der Waals surface area contributed by atoms with Crippen molar-refractivity contribution < 1.29 is 117 Å². The maximum atomic E-state index is 14.4. The molecule has 0 amide bonds. The van der Waals surface area contributed by atoms with E-state index < -0.39 is 156 Å². The van der Waals surface area contributed by atoms with Crippen molar-refractivity contribution >= 4 is 25.7 Å². The lowest BCUT2D eigenvalue weighted by Gasteiger charge is -2.49. The first kappa shape index (κ1) is 94.9. The molecule has 25 heteroatoms. The second kappa shape index (κ2) is 58.6. The van der Waals surface area contributed by atoms with Crippen LogP contribution in [0.1, 0.15) is 329 Å². The fourth-order valence-corrected chi connectivity index (χ4v) is 14.7. The molecular formula is C78H145O24P. The molecule has 0 aromatic carbocycles. The second-order valence-electron chi connectivity index (χ2n) is 29.8. The molecule has 606 valence electrons. The smallest absolute Gasteiger partial charge is 0.463 e. The van der Waals surface area contributed by atoms with E-state index >= 15 is 0 Å². The molecule has 2 aliphatic heterocycles. The van der Waals surface area contributed by atoms with Gasteiger partial charge in [0.15, 0.2) is 18.7 Å². The summed E-state index contributed by atoms with van der Waals surface area (Å²) in [5, 5.41) is 110. The first-order valence-electron chi connectivity index (χ1n) is 40.9. The van der Waals surface area contributed by atoms with Gasteiger partial charge in [0, 0.05) is 19.3 Å². The van der Waals surface area contributed by atoms with Crippen LogP contribution in [0.3, 0.4) is 0 Å². The maximum absolute atomic E-state index is 14.4. The minimum Gasteiger partial charge on any atom is -0.463 e. The number of hydrogen-bond acceptors (Lipinski definition) is 23. The summed E-state index contributed by atoms with van der Waals surface area (Å²) in [5.74, 6) is -1.30. The third kappa shape index (κ3) is 41.4. The molecule has 24 nitrogen and oxygen atoms in total. The largest absolute Gasteiger partial charge is 0.472 e. The molecule has 0 aromatic rings. The van der Waals surface area contributed by atoms with Crippen LogP contribution in [0.15, 0.2) is 12.2 Å². The summed E-state index contributed by atoms with van der Waals surface area (Å²) in [6.45, 7) is 5.80. The van der Waals surface area contributed by atoms with Crippen molar-refractivity contribution in [3.05, 3.63) is 12.2 Å². The Balaban J connectivity index is 1.71. The third-order valence-corrected chi connectivity index (χ3v) is 21.4. The molecule has 19 atom stereocenters. The van der Waals surface area contributed by atoms with Crippen molar-refractivity contribution in [1.29, 1.82) is 0 Å². The molecule has 0 bridgehead atoms. The number of phosphoric acid groups is 1. The highest BCUT2D eigenvalue weighted by Crippen LogP contribution is 2.49. The fourth-order valence-electron chi connectivity index (χ4n) is 13.7. The number of aliphatic hydroxyl groups excluding tert-OH is 10. The number of rotatable bonds is 64. The Labute approximate surface area is 618 Å². The number of allylic oxidation sites excluding steroid dienone is 2. The van der Waals surface area contributed by atoms with E-state index in [1.54, 1.807) is 0 Å². The normalized spacial score (nSPS) is 27.2. The highest BCUT2D eigenvalue weighted by molar-refractivity contribution is 7.47. The van der Waals surface area contributed by atoms with Gasteiger partial charge >= 0.3 is 25.7 Å². The Morgan fingerprint density at radius 1 is 0.398 bits per heavy atom. The molecule has 3 fully saturated rings. The molecule has 11 N–H and O–H groups in total. The standard InChI is InChI=1S/C78H145O24P/c1-5-8-11-14-17-19-21-23-25-26-28-30-31-33-35-41-46-51-62(80)94-55-59(97-64(82)53-48-43-38-37-40-45-50-58(4)49-44-39-16-13-10-7-3)56-96-103(92,93)102-76-74(100-77-72(90)67(85)65(83)60(54-79)98-77)70(88)69(87)71(89)75(76)101-78-73(91)68(86)66(84)61(99-78)57-95-63(81)52-47-42-36-34-32-29-27-24-22-20-18-15-12-9-6-2/h20,22,58-61,65-79,83-91H,5-19,21,23-57H2,1-4H3,(H,92,93)/b22-20-. The van der Waals surface area contributed by atoms with E-state index in [9.17, 15) is 74.9 Å². The van der Waals surface area contributed by atoms with Crippen molar-refractivity contribution in [2.45, 2.75) is 434 Å². The van der Waals surface area contributed by atoms with Gasteiger partial charge in [0.1, 0.15) is 98.7 Å². The number of aliphatic hydroxyl groups is 10. The number of hydrogen-bond donors (Lipinski definition) is 11. The maximum Gasteiger partial charge on any atom is 0.472 e. The van der Waals surface area contributed by atoms with Gasteiger partial charge in [-0.3, -0.25) is 23.4 Å². The zero-order chi connectivity index (χ0) is 75.5. The lowest BCUT2D eigenvalue weighted by atomic mass is 9.84. The van der Waals surface area contributed by atoms with Gasteiger partial charge in [-0.1, -0.05) is 277 Å². The van der Waals surface area contributed by atoms with Crippen molar-refractivity contribution in [3.63, 3.8) is 0 Å². The van der Waals surface area contributed by atoms with Crippen LogP contribution in [0.2, 0.25) is 0 Å². The van der Waals surface area contributed by atoms with Crippen molar-refractivity contribution in [2.24, 2.45) is 5.92 Å². The van der Waals surface area contributed by atoms with E-state index in [-0.39, 0.29) is 19.3 Å². The van der Waals surface area contributed by atoms with Gasteiger partial charge in [0.05, 0.1) is 13.2 Å². The van der Waals surface area contributed by atoms with E-state index in [4.69, 9.17) is 42.2 Å². The van der Waals surface area contributed by atoms with Gasteiger partial charge in [0.2, 0.25) is 0 Å². The van der Waals surface area contributed by atoms with Crippen LogP contribution in [-0.4, -0.2) is 204 Å². The van der Waals surface area contributed by atoms with Gasteiger partial charge in [-0.05, 0) is 50.9 Å². The van der Waals surface area contributed by atoms with Crippen LogP contribution in [0.4, 0.5) is 0 Å². The highest BCUT2D eigenvalue weighted by atomic mass is 31.2. The zero-order valence-corrected chi connectivity index (χ0v) is 64.7. The van der Waals surface area contributed by atoms with Crippen LogP contribution in [0.25, 0.3) is 0 Å². The van der Waals surface area contributed by atoms with Crippen LogP contribution in [0, 0.1) is 5.92 Å². The first-order chi connectivity index (χ1) is 49.7. The van der Waals surface area contributed by atoms with E-state index in [1.807, 2.05) is 0 Å². The monoisotopic (exact) mass is 1500 g/mol. The number of carbonyl (C=O) groups excluding carboxylic acids is 3. The average Bonchev–Trinajstić information content (AvgIpc) is 0.763. The molecule has 2 heterocycles. The number of ether oxygens (including phenoxy) is 7. The number of phosphoric ester groups is 1. The molecule has 103 heavy (non-hydrogen) atoms. The molecule has 0 spiro atoms. The molecule has 19 unspecified atom stereocenters. The summed E-state index contributed by atoms with van der Waals surface area (Å²) in [4.78, 5) is 51.2. The van der Waals surface area contributed by atoms with E-state index in [2.05, 4.69) is 39.8 Å². The Morgan fingerprint density at radius 2 is 0.738 bits per heavy atom. The Morgan fingerprint density at radius 3 is 1.16 bits per heavy atom. The molecule has 0 radical (unpaired) electrons. The van der Waals surface area contributed by atoms with Gasteiger partial charge < -0.3 is 89.1 Å². The lowest BCUT2D eigenvalue weighted by molar-refractivity contribution is -0.360. The predicted octanol–water partition coefficient (Wildman–Crippen LogP) is 12.5. The highest BCUT2D eigenvalue weighted by Gasteiger charge is 2.58.